The van der Waals surface area contributed by atoms with Crippen LogP contribution in [0.4, 0.5) is 0 Å². The molecule has 0 aromatic heterocycles. The number of hydrogen-bond donors (Lipinski definition) is 2. The van der Waals surface area contributed by atoms with Crippen LogP contribution in [0, 0.1) is 17.4 Å². The van der Waals surface area contributed by atoms with Crippen molar-refractivity contribution in [2.75, 3.05) is 6.54 Å². The van der Waals surface area contributed by atoms with Gasteiger partial charge in [-0.1, -0.05) is 0 Å². The van der Waals surface area contributed by atoms with Gasteiger partial charge in [0.15, 0.2) is 5.88 Å². The van der Waals surface area contributed by atoms with Crippen LogP contribution in [0.15, 0.2) is 17.5 Å². The number of rotatable bonds is 0. The van der Waals surface area contributed by atoms with E-state index in [1.807, 2.05) is 6.07 Å². The number of aliphatic hydroxyl groups is 1. The van der Waals surface area contributed by atoms with Gasteiger partial charge < -0.3 is 10.4 Å². The SMILES string of the molecule is N#CC1=C[C]=C(O)NC1. The highest BCUT2D eigenvalue weighted by molar-refractivity contribution is 5.28. The van der Waals surface area contributed by atoms with E-state index in [2.05, 4.69) is 11.4 Å². The molecular formula is C6H5N2O. The summed E-state index contributed by atoms with van der Waals surface area (Å²) < 4.78 is 0. The molecule has 0 bridgehead atoms. The minimum absolute atomic E-state index is 0.00556. The highest BCUT2D eigenvalue weighted by Gasteiger charge is 2.00. The number of nitrogens with zero attached hydrogens (tertiary/aromatic N) is 1. The maximum absolute atomic E-state index is 8.66. The Labute approximate surface area is 52.9 Å². The summed E-state index contributed by atoms with van der Waals surface area (Å²) in [6.07, 6.45) is 3.92. The maximum atomic E-state index is 8.66. The Morgan fingerprint density at radius 1 is 1.89 bits per heavy atom. The smallest absolute Gasteiger partial charge is 0.192 e. The molecule has 0 aromatic carbocycles. The molecule has 1 heterocycles. The average molecular weight is 121 g/mol. The molecule has 0 amide bonds. The van der Waals surface area contributed by atoms with Gasteiger partial charge in [-0.15, -0.1) is 0 Å². The van der Waals surface area contributed by atoms with E-state index in [0.717, 1.165) is 0 Å². The molecule has 0 saturated carbocycles. The summed E-state index contributed by atoms with van der Waals surface area (Å²) in [6, 6.07) is 1.94. The number of allylic oxidation sites excluding steroid dienone is 2. The second-order valence-corrected chi connectivity index (χ2v) is 1.63. The van der Waals surface area contributed by atoms with Crippen molar-refractivity contribution in [3.63, 3.8) is 0 Å². The highest BCUT2D eigenvalue weighted by Crippen LogP contribution is 1.97. The number of dihydropyridines is 1. The van der Waals surface area contributed by atoms with Crippen LogP contribution in [0.5, 0.6) is 0 Å². The first kappa shape index (κ1) is 5.70. The lowest BCUT2D eigenvalue weighted by Crippen LogP contribution is -2.18. The predicted octanol–water partition coefficient (Wildman–Crippen LogP) is 0.242. The molecule has 2 N–H and O–H groups in total. The zero-order chi connectivity index (χ0) is 6.69. The molecule has 0 aliphatic carbocycles. The Kier molecular flexibility index (Phi) is 1.41. The van der Waals surface area contributed by atoms with E-state index in [4.69, 9.17) is 10.4 Å². The van der Waals surface area contributed by atoms with Crippen molar-refractivity contribution in [1.29, 1.82) is 5.26 Å². The molecule has 1 radical (unpaired) electrons. The first-order valence-electron chi connectivity index (χ1n) is 2.48. The lowest BCUT2D eigenvalue weighted by atomic mass is 10.2. The molecule has 0 saturated heterocycles. The van der Waals surface area contributed by atoms with Gasteiger partial charge >= 0.3 is 0 Å². The van der Waals surface area contributed by atoms with E-state index >= 15 is 0 Å². The minimum atomic E-state index is -0.00556. The predicted molar refractivity (Wildman–Crippen MR) is 31.1 cm³/mol. The second-order valence-electron chi connectivity index (χ2n) is 1.63. The average Bonchev–Trinajstić information content (AvgIpc) is 1.90. The lowest BCUT2D eigenvalue weighted by molar-refractivity contribution is 0.364. The van der Waals surface area contributed by atoms with Crippen molar-refractivity contribution in [2.24, 2.45) is 0 Å². The zero-order valence-electron chi connectivity index (χ0n) is 4.68. The molecule has 0 unspecified atom stereocenters. The third-order valence-electron chi connectivity index (χ3n) is 0.973. The van der Waals surface area contributed by atoms with E-state index in [-0.39, 0.29) is 5.88 Å². The van der Waals surface area contributed by atoms with Gasteiger partial charge in [0.1, 0.15) is 0 Å². The standard InChI is InChI=1S/C6H5N2O/c7-3-5-1-2-6(9)8-4-5/h1,8-9H,4H2. The Morgan fingerprint density at radius 2 is 2.67 bits per heavy atom. The molecule has 1 aliphatic heterocycles. The molecule has 0 aromatic rings. The fourth-order valence-corrected chi connectivity index (χ4v) is 0.508. The van der Waals surface area contributed by atoms with Gasteiger partial charge in [0.2, 0.25) is 0 Å². The van der Waals surface area contributed by atoms with Crippen molar-refractivity contribution >= 4 is 0 Å². The van der Waals surface area contributed by atoms with E-state index in [0.29, 0.717) is 12.1 Å². The van der Waals surface area contributed by atoms with E-state index in [1.165, 1.54) is 6.08 Å². The topological polar surface area (TPSA) is 56.0 Å². The van der Waals surface area contributed by atoms with Crippen molar-refractivity contribution < 1.29 is 5.11 Å². The summed E-state index contributed by atoms with van der Waals surface area (Å²) in [6.45, 7) is 0.398. The van der Waals surface area contributed by atoms with Crippen molar-refractivity contribution in [3.8, 4) is 6.07 Å². The summed E-state index contributed by atoms with van der Waals surface area (Å²) in [5, 5.41) is 19.5. The van der Waals surface area contributed by atoms with Crippen LogP contribution in [0.25, 0.3) is 0 Å². The molecule has 9 heavy (non-hydrogen) atoms. The van der Waals surface area contributed by atoms with Crippen LogP contribution in [-0.2, 0) is 0 Å². The third-order valence-corrected chi connectivity index (χ3v) is 0.973. The number of hydrogen-bond acceptors (Lipinski definition) is 3. The van der Waals surface area contributed by atoms with Gasteiger partial charge in [-0.25, -0.2) is 0 Å². The fourth-order valence-electron chi connectivity index (χ4n) is 0.508. The van der Waals surface area contributed by atoms with Gasteiger partial charge in [0.05, 0.1) is 12.6 Å². The second kappa shape index (κ2) is 2.23. The number of aliphatic hydroxyl groups excluding tert-OH is 1. The molecule has 45 valence electrons. The van der Waals surface area contributed by atoms with Crippen LogP contribution >= 0.6 is 0 Å². The van der Waals surface area contributed by atoms with Crippen LogP contribution < -0.4 is 5.32 Å². The van der Waals surface area contributed by atoms with Crippen molar-refractivity contribution in [2.45, 2.75) is 0 Å². The molecular weight excluding hydrogens is 116 g/mol. The maximum Gasteiger partial charge on any atom is 0.192 e. The first-order chi connectivity index (χ1) is 4.33. The molecule has 1 rings (SSSR count). The van der Waals surface area contributed by atoms with Gasteiger partial charge in [-0.05, 0) is 6.08 Å². The Morgan fingerprint density at radius 3 is 3.11 bits per heavy atom. The van der Waals surface area contributed by atoms with Gasteiger partial charge in [0.25, 0.3) is 0 Å². The Hall–Kier alpha value is -1.43. The summed E-state index contributed by atoms with van der Waals surface area (Å²) in [4.78, 5) is 0. The highest BCUT2D eigenvalue weighted by atomic mass is 16.3. The van der Waals surface area contributed by atoms with Crippen molar-refractivity contribution in [3.05, 3.63) is 23.6 Å². The molecule has 0 fully saturated rings. The summed E-state index contributed by atoms with van der Waals surface area (Å²) >= 11 is 0. The quantitative estimate of drug-likeness (QED) is 0.482. The fraction of sp³-hybridized carbons (Fsp3) is 0.167. The first-order valence-corrected chi connectivity index (χ1v) is 2.48. The number of nitrogens with one attached hydrogen (secondary N) is 1. The van der Waals surface area contributed by atoms with E-state index in [1.54, 1.807) is 0 Å². The van der Waals surface area contributed by atoms with Crippen LogP contribution in [0.2, 0.25) is 0 Å². The minimum Gasteiger partial charge on any atom is -0.494 e. The van der Waals surface area contributed by atoms with Gasteiger partial charge in [0, 0.05) is 11.6 Å². The summed E-state index contributed by atoms with van der Waals surface area (Å²) in [5.41, 5.74) is 0.577. The lowest BCUT2D eigenvalue weighted by Gasteiger charge is -2.05. The van der Waals surface area contributed by atoms with Gasteiger partial charge in [-0.3, -0.25) is 0 Å². The largest absolute Gasteiger partial charge is 0.494 e. The summed E-state index contributed by atoms with van der Waals surface area (Å²) in [7, 11) is 0. The molecule has 0 spiro atoms. The van der Waals surface area contributed by atoms with Crippen LogP contribution in [-0.4, -0.2) is 11.7 Å². The zero-order valence-corrected chi connectivity index (χ0v) is 4.68. The van der Waals surface area contributed by atoms with Gasteiger partial charge in [-0.2, -0.15) is 5.26 Å². The van der Waals surface area contributed by atoms with Crippen LogP contribution in [0.3, 0.4) is 0 Å². The van der Waals surface area contributed by atoms with Crippen LogP contribution in [0.1, 0.15) is 0 Å². The molecule has 0 atom stereocenters. The molecule has 3 nitrogen and oxygen atoms in total. The third kappa shape index (κ3) is 1.23. The normalized spacial score (nSPS) is 16.8. The van der Waals surface area contributed by atoms with Crippen molar-refractivity contribution in [1.82, 2.24) is 5.32 Å². The monoisotopic (exact) mass is 121 g/mol. The molecule has 3 heteroatoms. The summed E-state index contributed by atoms with van der Waals surface area (Å²) in [5.74, 6) is -0.00556. The van der Waals surface area contributed by atoms with E-state index < -0.39 is 0 Å². The molecule has 1 aliphatic rings. The number of nitriles is 1. The Bertz CT molecular complexity index is 210. The Balaban J connectivity index is 2.73. The van der Waals surface area contributed by atoms with E-state index in [9.17, 15) is 0 Å².